The van der Waals surface area contributed by atoms with Crippen LogP contribution in [0.4, 0.5) is 0 Å². The molecular formula is C17H25ClO3. The highest BCUT2D eigenvalue weighted by molar-refractivity contribution is 6.33. The van der Waals surface area contributed by atoms with E-state index in [0.717, 1.165) is 18.4 Å². The Labute approximate surface area is 132 Å². The van der Waals surface area contributed by atoms with Crippen LogP contribution in [-0.4, -0.2) is 19.3 Å². The SMILES string of the molecule is COc1ccc(C(O)C2CCCCCCC2)c(OC)c1Cl. The number of aliphatic hydroxyl groups excluding tert-OH is 1. The lowest BCUT2D eigenvalue weighted by molar-refractivity contribution is 0.0887. The molecule has 2 rings (SSSR count). The lowest BCUT2D eigenvalue weighted by Crippen LogP contribution is -2.15. The molecule has 1 fully saturated rings. The smallest absolute Gasteiger partial charge is 0.147 e. The summed E-state index contributed by atoms with van der Waals surface area (Å²) >= 11 is 6.29. The molecule has 0 spiro atoms. The molecule has 0 radical (unpaired) electrons. The molecular weight excluding hydrogens is 288 g/mol. The summed E-state index contributed by atoms with van der Waals surface area (Å²) in [5.74, 6) is 1.39. The van der Waals surface area contributed by atoms with Gasteiger partial charge >= 0.3 is 0 Å². The number of hydrogen-bond donors (Lipinski definition) is 1. The molecule has 0 aliphatic heterocycles. The van der Waals surface area contributed by atoms with Crippen molar-refractivity contribution in [2.45, 2.75) is 51.0 Å². The van der Waals surface area contributed by atoms with Crippen LogP contribution in [0.25, 0.3) is 0 Å². The topological polar surface area (TPSA) is 38.7 Å². The third-order valence-corrected chi connectivity index (χ3v) is 4.79. The molecule has 1 aliphatic rings. The molecule has 1 unspecified atom stereocenters. The van der Waals surface area contributed by atoms with Crippen LogP contribution in [0.1, 0.15) is 56.6 Å². The Morgan fingerprint density at radius 3 is 2.24 bits per heavy atom. The zero-order valence-electron chi connectivity index (χ0n) is 12.9. The maximum Gasteiger partial charge on any atom is 0.147 e. The highest BCUT2D eigenvalue weighted by Gasteiger charge is 2.26. The van der Waals surface area contributed by atoms with E-state index in [1.165, 1.54) is 32.1 Å². The van der Waals surface area contributed by atoms with Crippen LogP contribution in [0.5, 0.6) is 11.5 Å². The lowest BCUT2D eigenvalue weighted by atomic mass is 9.84. The van der Waals surface area contributed by atoms with Crippen LogP contribution in [0.15, 0.2) is 12.1 Å². The van der Waals surface area contributed by atoms with Crippen molar-refractivity contribution in [2.24, 2.45) is 5.92 Å². The number of methoxy groups -OCH3 is 2. The fraction of sp³-hybridized carbons (Fsp3) is 0.647. The molecule has 3 nitrogen and oxygen atoms in total. The largest absolute Gasteiger partial charge is 0.495 e. The van der Waals surface area contributed by atoms with Crippen molar-refractivity contribution in [3.05, 3.63) is 22.7 Å². The van der Waals surface area contributed by atoms with Crippen molar-refractivity contribution in [3.8, 4) is 11.5 Å². The second-order valence-corrected chi connectivity index (χ2v) is 6.13. The van der Waals surface area contributed by atoms with Gasteiger partial charge in [0, 0.05) is 5.56 Å². The predicted octanol–water partition coefficient (Wildman–Crippen LogP) is 4.75. The summed E-state index contributed by atoms with van der Waals surface area (Å²) in [7, 11) is 3.15. The van der Waals surface area contributed by atoms with Gasteiger partial charge in [-0.15, -0.1) is 0 Å². The molecule has 118 valence electrons. The van der Waals surface area contributed by atoms with Gasteiger partial charge in [0.25, 0.3) is 0 Å². The van der Waals surface area contributed by atoms with Crippen molar-refractivity contribution < 1.29 is 14.6 Å². The van der Waals surface area contributed by atoms with Gasteiger partial charge in [-0.05, 0) is 30.9 Å². The van der Waals surface area contributed by atoms with Gasteiger partial charge in [0.1, 0.15) is 16.5 Å². The molecule has 0 heterocycles. The average molecular weight is 313 g/mol. The molecule has 1 aromatic carbocycles. The van der Waals surface area contributed by atoms with Gasteiger partial charge in [0.15, 0.2) is 0 Å². The molecule has 1 aromatic rings. The molecule has 0 bridgehead atoms. The second kappa shape index (κ2) is 7.90. The number of hydrogen-bond acceptors (Lipinski definition) is 3. The normalized spacial score (nSPS) is 18.7. The molecule has 21 heavy (non-hydrogen) atoms. The van der Waals surface area contributed by atoms with Crippen molar-refractivity contribution in [3.63, 3.8) is 0 Å². The van der Waals surface area contributed by atoms with Crippen LogP contribution in [0, 0.1) is 5.92 Å². The van der Waals surface area contributed by atoms with Crippen LogP contribution in [-0.2, 0) is 0 Å². The van der Waals surface area contributed by atoms with Gasteiger partial charge < -0.3 is 14.6 Å². The Bertz CT molecular complexity index is 454. The first kappa shape index (κ1) is 16.4. The zero-order valence-corrected chi connectivity index (χ0v) is 13.7. The van der Waals surface area contributed by atoms with E-state index in [0.29, 0.717) is 16.5 Å². The number of halogens is 1. The zero-order chi connectivity index (χ0) is 15.2. The van der Waals surface area contributed by atoms with E-state index in [1.54, 1.807) is 20.3 Å². The Balaban J connectivity index is 2.24. The standard InChI is InChI=1S/C17H25ClO3/c1-20-14-11-10-13(17(21-2)15(14)18)16(19)12-8-6-4-3-5-7-9-12/h10-12,16,19H,3-9H2,1-2H3. The first-order valence-corrected chi connectivity index (χ1v) is 8.15. The minimum atomic E-state index is -0.526. The number of benzene rings is 1. The lowest BCUT2D eigenvalue weighted by Gasteiger charge is -2.26. The molecule has 4 heteroatoms. The highest BCUT2D eigenvalue weighted by Crippen LogP contribution is 2.43. The second-order valence-electron chi connectivity index (χ2n) is 5.75. The summed E-state index contributed by atoms with van der Waals surface area (Å²) in [6.45, 7) is 0. The minimum absolute atomic E-state index is 0.281. The van der Waals surface area contributed by atoms with Gasteiger partial charge in [-0.2, -0.15) is 0 Å². The molecule has 0 aromatic heterocycles. The van der Waals surface area contributed by atoms with Gasteiger partial charge in [-0.3, -0.25) is 0 Å². The fourth-order valence-electron chi connectivity index (χ4n) is 3.21. The monoisotopic (exact) mass is 312 g/mol. The quantitative estimate of drug-likeness (QED) is 0.872. The van der Waals surface area contributed by atoms with E-state index in [4.69, 9.17) is 21.1 Å². The van der Waals surface area contributed by atoms with E-state index >= 15 is 0 Å². The summed E-state index contributed by atoms with van der Waals surface area (Å²) in [5.41, 5.74) is 0.772. The summed E-state index contributed by atoms with van der Waals surface area (Å²) in [6.07, 6.45) is 7.83. The third kappa shape index (κ3) is 3.83. The first-order chi connectivity index (χ1) is 10.2. The number of ether oxygens (including phenoxy) is 2. The van der Waals surface area contributed by atoms with Crippen molar-refractivity contribution >= 4 is 11.6 Å². The maximum atomic E-state index is 10.8. The highest BCUT2D eigenvalue weighted by atomic mass is 35.5. The molecule has 1 aliphatic carbocycles. The maximum absolute atomic E-state index is 10.8. The predicted molar refractivity (Wildman–Crippen MR) is 85.3 cm³/mol. The molecule has 1 atom stereocenters. The van der Waals surface area contributed by atoms with E-state index in [-0.39, 0.29) is 5.92 Å². The average Bonchev–Trinajstić information content (AvgIpc) is 2.46. The summed E-state index contributed by atoms with van der Waals surface area (Å²) in [6, 6.07) is 3.67. The summed E-state index contributed by atoms with van der Waals surface area (Å²) in [5, 5.41) is 11.2. The Hall–Kier alpha value is -0.930. The molecule has 0 amide bonds. The van der Waals surface area contributed by atoms with Crippen LogP contribution in [0.3, 0.4) is 0 Å². The summed E-state index contributed by atoms with van der Waals surface area (Å²) < 4.78 is 10.6. The third-order valence-electron chi connectivity index (χ3n) is 4.43. The van der Waals surface area contributed by atoms with E-state index in [1.807, 2.05) is 6.07 Å². The molecule has 1 N–H and O–H groups in total. The Morgan fingerprint density at radius 2 is 1.67 bits per heavy atom. The van der Waals surface area contributed by atoms with E-state index in [9.17, 15) is 5.11 Å². The first-order valence-electron chi connectivity index (χ1n) is 7.77. The summed E-state index contributed by atoms with van der Waals surface area (Å²) in [4.78, 5) is 0. The van der Waals surface area contributed by atoms with Crippen molar-refractivity contribution in [1.29, 1.82) is 0 Å². The van der Waals surface area contributed by atoms with Gasteiger partial charge in [-0.25, -0.2) is 0 Å². The Morgan fingerprint density at radius 1 is 1.05 bits per heavy atom. The van der Waals surface area contributed by atoms with Crippen LogP contribution in [0.2, 0.25) is 5.02 Å². The molecule has 1 saturated carbocycles. The van der Waals surface area contributed by atoms with Gasteiger partial charge in [0.2, 0.25) is 0 Å². The van der Waals surface area contributed by atoms with E-state index < -0.39 is 6.10 Å². The Kier molecular flexibility index (Phi) is 6.19. The van der Waals surface area contributed by atoms with Crippen molar-refractivity contribution in [2.75, 3.05) is 14.2 Å². The van der Waals surface area contributed by atoms with Crippen molar-refractivity contribution in [1.82, 2.24) is 0 Å². The number of aliphatic hydroxyl groups is 1. The van der Waals surface area contributed by atoms with Crippen LogP contribution < -0.4 is 9.47 Å². The number of rotatable bonds is 4. The fourth-order valence-corrected chi connectivity index (χ4v) is 3.53. The minimum Gasteiger partial charge on any atom is -0.495 e. The van der Waals surface area contributed by atoms with E-state index in [2.05, 4.69) is 0 Å². The van der Waals surface area contributed by atoms with Crippen LogP contribution >= 0.6 is 11.6 Å². The van der Waals surface area contributed by atoms with Gasteiger partial charge in [-0.1, -0.05) is 43.7 Å². The molecule has 0 saturated heterocycles. The van der Waals surface area contributed by atoms with Gasteiger partial charge in [0.05, 0.1) is 20.3 Å².